The highest BCUT2D eigenvalue weighted by Crippen LogP contribution is 2.34. The number of benzene rings is 2. The minimum atomic E-state index is -0.371. The second kappa shape index (κ2) is 6.27. The normalized spacial score (nSPS) is 11.0. The molecule has 5 nitrogen and oxygen atoms in total. The van der Waals surface area contributed by atoms with Crippen molar-refractivity contribution in [2.24, 2.45) is 0 Å². The van der Waals surface area contributed by atoms with Crippen LogP contribution in [0.15, 0.2) is 53.9 Å². The van der Waals surface area contributed by atoms with Crippen LogP contribution in [0, 0.1) is 5.82 Å². The highest BCUT2D eigenvalue weighted by atomic mass is 35.5. The molecule has 2 aromatic carbocycles. The molecular weight excluding hydrogens is 361 g/mol. The molecule has 0 aliphatic rings. The van der Waals surface area contributed by atoms with Gasteiger partial charge < -0.3 is 5.73 Å². The van der Waals surface area contributed by atoms with E-state index in [0.29, 0.717) is 27.2 Å². The molecule has 0 aliphatic heterocycles. The van der Waals surface area contributed by atoms with Gasteiger partial charge in [-0.1, -0.05) is 41.1 Å². The number of hydrogen-bond donors (Lipinski definition) is 1. The Morgan fingerprint density at radius 1 is 1.12 bits per heavy atom. The second-order valence-electron chi connectivity index (χ2n) is 5.23. The lowest BCUT2D eigenvalue weighted by atomic mass is 10.2. The summed E-state index contributed by atoms with van der Waals surface area (Å²) in [5, 5.41) is 11.2. The Balaban J connectivity index is 1.74. The van der Waals surface area contributed by atoms with Crippen LogP contribution in [-0.4, -0.2) is 20.0 Å². The number of nitrogens with two attached hydrogens (primary N) is 1. The molecule has 0 bridgehead atoms. The van der Waals surface area contributed by atoms with Crippen LogP contribution in [-0.2, 0) is 0 Å². The molecule has 2 N–H and O–H groups in total. The molecule has 8 heteroatoms. The van der Waals surface area contributed by atoms with Crippen molar-refractivity contribution >= 4 is 28.8 Å². The zero-order valence-electron chi connectivity index (χ0n) is 12.7. The van der Waals surface area contributed by atoms with E-state index in [-0.39, 0.29) is 5.82 Å². The first-order chi connectivity index (χ1) is 12.1. The van der Waals surface area contributed by atoms with E-state index in [4.69, 9.17) is 17.3 Å². The molecule has 4 aromatic rings. The lowest BCUT2D eigenvalue weighted by Gasteiger charge is -2.02. The van der Waals surface area contributed by atoms with Gasteiger partial charge in [-0.25, -0.2) is 9.37 Å². The van der Waals surface area contributed by atoms with Gasteiger partial charge >= 0.3 is 0 Å². The summed E-state index contributed by atoms with van der Waals surface area (Å²) in [7, 11) is 0. The number of nitrogen functional groups attached to an aromatic ring is 1. The minimum Gasteiger partial charge on any atom is -0.382 e. The number of halogens is 2. The third-order valence-electron chi connectivity index (χ3n) is 3.61. The van der Waals surface area contributed by atoms with Crippen molar-refractivity contribution in [1.29, 1.82) is 0 Å². The fourth-order valence-corrected chi connectivity index (χ4v) is 3.46. The first kappa shape index (κ1) is 15.7. The molecule has 2 aromatic heterocycles. The fourth-order valence-electron chi connectivity index (χ4n) is 2.42. The van der Waals surface area contributed by atoms with E-state index in [1.807, 2.05) is 29.6 Å². The summed E-state index contributed by atoms with van der Waals surface area (Å²) < 4.78 is 14.8. The van der Waals surface area contributed by atoms with E-state index in [9.17, 15) is 4.39 Å². The third kappa shape index (κ3) is 2.88. The monoisotopic (exact) mass is 371 g/mol. The van der Waals surface area contributed by atoms with Crippen molar-refractivity contribution in [2.75, 3.05) is 5.73 Å². The van der Waals surface area contributed by atoms with Gasteiger partial charge in [0.15, 0.2) is 11.5 Å². The maximum Gasteiger partial charge on any atom is 0.165 e. The molecular formula is C17H11ClFN5S. The van der Waals surface area contributed by atoms with Crippen LogP contribution >= 0.6 is 22.9 Å². The van der Waals surface area contributed by atoms with Gasteiger partial charge in [0.25, 0.3) is 0 Å². The molecule has 0 radical (unpaired) electrons. The first-order valence-corrected chi connectivity index (χ1v) is 8.57. The Kier molecular flexibility index (Phi) is 3.95. The lowest BCUT2D eigenvalue weighted by molar-refractivity contribution is 0.625. The summed E-state index contributed by atoms with van der Waals surface area (Å²) in [6, 6.07) is 13.5. The van der Waals surface area contributed by atoms with E-state index in [1.54, 1.807) is 12.1 Å². The smallest absolute Gasteiger partial charge is 0.165 e. The van der Waals surface area contributed by atoms with Gasteiger partial charge in [-0.2, -0.15) is 4.68 Å². The molecule has 0 saturated heterocycles. The Labute approximate surface area is 151 Å². The van der Waals surface area contributed by atoms with Gasteiger partial charge in [0, 0.05) is 16.0 Å². The summed E-state index contributed by atoms with van der Waals surface area (Å²) in [5.74, 6) is -0.0742. The van der Waals surface area contributed by atoms with Crippen molar-refractivity contribution in [2.45, 2.75) is 0 Å². The van der Waals surface area contributed by atoms with E-state index >= 15 is 0 Å². The highest BCUT2D eigenvalue weighted by molar-refractivity contribution is 7.13. The van der Waals surface area contributed by atoms with Gasteiger partial charge in [-0.05, 0) is 24.3 Å². The molecule has 4 rings (SSSR count). The van der Waals surface area contributed by atoms with Crippen LogP contribution in [0.25, 0.3) is 27.6 Å². The molecule has 0 fully saturated rings. The molecule has 2 heterocycles. The SMILES string of the molecule is Nc1c(-c2nc(-c3ccccc3Cl)cs2)nnn1-c1cccc(F)c1. The molecule has 0 aliphatic carbocycles. The van der Waals surface area contributed by atoms with E-state index in [2.05, 4.69) is 15.3 Å². The van der Waals surface area contributed by atoms with Gasteiger partial charge in [0.2, 0.25) is 0 Å². The Hall–Kier alpha value is -2.77. The minimum absolute atomic E-state index is 0.297. The van der Waals surface area contributed by atoms with Gasteiger partial charge in [-0.15, -0.1) is 16.4 Å². The van der Waals surface area contributed by atoms with Gasteiger partial charge in [-0.3, -0.25) is 0 Å². The Morgan fingerprint density at radius 2 is 1.96 bits per heavy atom. The van der Waals surface area contributed by atoms with Crippen molar-refractivity contribution in [3.05, 3.63) is 64.8 Å². The van der Waals surface area contributed by atoms with Crippen LogP contribution in [0.3, 0.4) is 0 Å². The quantitative estimate of drug-likeness (QED) is 0.578. The molecule has 0 atom stereocenters. The summed E-state index contributed by atoms with van der Waals surface area (Å²) in [6.45, 7) is 0. The predicted molar refractivity (Wildman–Crippen MR) is 97.3 cm³/mol. The van der Waals surface area contributed by atoms with Crippen molar-refractivity contribution in [3.63, 3.8) is 0 Å². The average molecular weight is 372 g/mol. The van der Waals surface area contributed by atoms with E-state index in [1.165, 1.54) is 28.2 Å². The number of hydrogen-bond acceptors (Lipinski definition) is 5. The molecule has 0 spiro atoms. The van der Waals surface area contributed by atoms with Crippen molar-refractivity contribution in [1.82, 2.24) is 20.0 Å². The molecule has 25 heavy (non-hydrogen) atoms. The summed E-state index contributed by atoms with van der Waals surface area (Å²) in [6.07, 6.45) is 0. The topological polar surface area (TPSA) is 69.6 Å². The Morgan fingerprint density at radius 3 is 2.76 bits per heavy atom. The maximum absolute atomic E-state index is 13.4. The largest absolute Gasteiger partial charge is 0.382 e. The van der Waals surface area contributed by atoms with Crippen LogP contribution in [0.4, 0.5) is 10.2 Å². The van der Waals surface area contributed by atoms with Crippen LogP contribution in [0.5, 0.6) is 0 Å². The highest BCUT2D eigenvalue weighted by Gasteiger charge is 2.17. The standard InChI is InChI=1S/C17H11ClFN5S/c18-13-7-2-1-6-12(13)14-9-25-17(21-14)15-16(20)24(23-22-15)11-5-3-4-10(19)8-11/h1-9H,20H2. The third-order valence-corrected chi connectivity index (χ3v) is 4.79. The lowest BCUT2D eigenvalue weighted by Crippen LogP contribution is -2.02. The maximum atomic E-state index is 13.4. The number of aromatic nitrogens is 4. The Bertz CT molecular complexity index is 1060. The van der Waals surface area contributed by atoms with Crippen molar-refractivity contribution < 1.29 is 4.39 Å². The fraction of sp³-hybridized carbons (Fsp3) is 0. The summed E-state index contributed by atoms with van der Waals surface area (Å²) in [5.41, 5.74) is 8.68. The molecule has 124 valence electrons. The van der Waals surface area contributed by atoms with Gasteiger partial charge in [0.05, 0.1) is 11.4 Å². The summed E-state index contributed by atoms with van der Waals surface area (Å²) in [4.78, 5) is 4.56. The van der Waals surface area contributed by atoms with Crippen LogP contribution in [0.1, 0.15) is 0 Å². The molecule has 0 amide bonds. The molecule has 0 unspecified atom stereocenters. The molecule has 0 saturated carbocycles. The zero-order valence-corrected chi connectivity index (χ0v) is 14.3. The number of rotatable bonds is 3. The summed E-state index contributed by atoms with van der Waals surface area (Å²) >= 11 is 7.61. The predicted octanol–water partition coefficient (Wildman–Crippen LogP) is 4.43. The van der Waals surface area contributed by atoms with Crippen LogP contribution < -0.4 is 5.73 Å². The van der Waals surface area contributed by atoms with Crippen LogP contribution in [0.2, 0.25) is 5.02 Å². The number of anilines is 1. The van der Waals surface area contributed by atoms with Crippen molar-refractivity contribution in [3.8, 4) is 27.6 Å². The number of nitrogens with zero attached hydrogens (tertiary/aromatic N) is 4. The number of thiazole rings is 1. The zero-order chi connectivity index (χ0) is 17.4. The second-order valence-corrected chi connectivity index (χ2v) is 6.50. The van der Waals surface area contributed by atoms with E-state index in [0.717, 1.165) is 11.3 Å². The van der Waals surface area contributed by atoms with Gasteiger partial charge in [0.1, 0.15) is 10.8 Å². The van der Waals surface area contributed by atoms with E-state index < -0.39 is 0 Å². The first-order valence-electron chi connectivity index (χ1n) is 7.31. The average Bonchev–Trinajstić information content (AvgIpc) is 3.22.